The Kier molecular flexibility index (Phi) is 8.45. The Morgan fingerprint density at radius 3 is 2.57 bits per heavy atom. The number of hydrogen-bond acceptors (Lipinski definition) is 5. The van der Waals surface area contributed by atoms with Gasteiger partial charge in [0, 0.05) is 39.0 Å². The van der Waals surface area contributed by atoms with Gasteiger partial charge in [-0.25, -0.2) is 0 Å². The standard InChI is InChI=1S/C23H34N4O3/c1-6-11-25-16(2)17(3)26(5)22-8-7-20(14-21(22)23(24)29)30-15-19-9-12-27(13-10-19)18(4)28/h6-8,11,14,17,19H,9-10,12-13,15H2,1-5H3,(H2,24,29)/b11-6-,25-16+. The molecule has 0 saturated carbocycles. The summed E-state index contributed by atoms with van der Waals surface area (Å²) in [6.45, 7) is 9.62. The van der Waals surface area contributed by atoms with Crippen molar-refractivity contribution in [2.75, 3.05) is 31.6 Å². The summed E-state index contributed by atoms with van der Waals surface area (Å²) in [4.78, 5) is 31.8. The predicted molar refractivity (Wildman–Crippen MR) is 121 cm³/mol. The summed E-state index contributed by atoms with van der Waals surface area (Å²) in [5.74, 6) is 0.653. The second kappa shape index (κ2) is 10.8. The Balaban J connectivity index is 2.08. The molecular formula is C23H34N4O3. The summed E-state index contributed by atoms with van der Waals surface area (Å²) in [6.07, 6.45) is 5.48. The molecule has 164 valence electrons. The van der Waals surface area contributed by atoms with E-state index in [0.29, 0.717) is 23.8 Å². The number of rotatable bonds is 8. The van der Waals surface area contributed by atoms with E-state index in [1.807, 2.05) is 55.8 Å². The molecule has 1 aliphatic rings. The molecule has 1 unspecified atom stereocenters. The van der Waals surface area contributed by atoms with Gasteiger partial charge in [0.05, 0.1) is 23.9 Å². The quantitative estimate of drug-likeness (QED) is 0.662. The van der Waals surface area contributed by atoms with Gasteiger partial charge < -0.3 is 20.3 Å². The zero-order valence-electron chi connectivity index (χ0n) is 18.7. The number of hydrogen-bond donors (Lipinski definition) is 1. The molecule has 2 N–H and O–H groups in total. The molecule has 7 heteroatoms. The minimum absolute atomic E-state index is 0.00229. The van der Waals surface area contributed by atoms with Gasteiger partial charge in [-0.3, -0.25) is 14.6 Å². The first-order chi connectivity index (χ1) is 14.2. The lowest BCUT2D eigenvalue weighted by Gasteiger charge is -2.31. The summed E-state index contributed by atoms with van der Waals surface area (Å²) in [7, 11) is 1.92. The second-order valence-corrected chi connectivity index (χ2v) is 7.84. The van der Waals surface area contributed by atoms with Crippen LogP contribution in [0.3, 0.4) is 0 Å². The number of piperidine rings is 1. The lowest BCUT2D eigenvalue weighted by atomic mass is 9.98. The summed E-state index contributed by atoms with van der Waals surface area (Å²) in [5.41, 5.74) is 7.76. The monoisotopic (exact) mass is 414 g/mol. The molecule has 0 radical (unpaired) electrons. The van der Waals surface area contributed by atoms with Crippen molar-refractivity contribution in [3.8, 4) is 5.75 Å². The van der Waals surface area contributed by atoms with Gasteiger partial charge in [0.1, 0.15) is 5.75 Å². The topological polar surface area (TPSA) is 88.2 Å². The van der Waals surface area contributed by atoms with Crippen LogP contribution in [-0.4, -0.2) is 55.2 Å². The van der Waals surface area contributed by atoms with E-state index in [1.54, 1.807) is 19.2 Å². The first kappa shape index (κ1) is 23.4. The molecule has 1 saturated heterocycles. The lowest BCUT2D eigenvalue weighted by Crippen LogP contribution is -2.38. The summed E-state index contributed by atoms with van der Waals surface area (Å²) >= 11 is 0. The fourth-order valence-electron chi connectivity index (χ4n) is 3.53. The Labute approximate surface area is 179 Å². The number of benzene rings is 1. The van der Waals surface area contributed by atoms with E-state index in [9.17, 15) is 9.59 Å². The van der Waals surface area contributed by atoms with Gasteiger partial charge in [-0.2, -0.15) is 0 Å². The van der Waals surface area contributed by atoms with E-state index in [2.05, 4.69) is 4.99 Å². The number of nitrogens with zero attached hydrogens (tertiary/aromatic N) is 3. The third-order valence-electron chi connectivity index (χ3n) is 5.77. The lowest BCUT2D eigenvalue weighted by molar-refractivity contribution is -0.130. The van der Waals surface area contributed by atoms with E-state index in [1.165, 1.54) is 0 Å². The maximum atomic E-state index is 12.1. The Hall–Kier alpha value is -2.83. The van der Waals surface area contributed by atoms with Crippen LogP contribution in [0.25, 0.3) is 0 Å². The fraction of sp³-hybridized carbons (Fsp3) is 0.522. The number of ether oxygens (including phenoxy) is 1. The van der Waals surface area contributed by atoms with E-state index in [4.69, 9.17) is 10.5 Å². The van der Waals surface area contributed by atoms with Crippen molar-refractivity contribution < 1.29 is 14.3 Å². The van der Waals surface area contributed by atoms with Crippen LogP contribution in [-0.2, 0) is 4.79 Å². The maximum Gasteiger partial charge on any atom is 0.250 e. The molecule has 1 aromatic rings. The molecule has 7 nitrogen and oxygen atoms in total. The van der Waals surface area contributed by atoms with Crippen molar-refractivity contribution in [3.05, 3.63) is 36.0 Å². The molecule has 2 rings (SSSR count). The van der Waals surface area contributed by atoms with Crippen molar-refractivity contribution in [2.45, 2.75) is 46.6 Å². The molecule has 0 bridgehead atoms. The van der Waals surface area contributed by atoms with Crippen LogP contribution in [0.15, 0.2) is 35.5 Å². The van der Waals surface area contributed by atoms with Gasteiger partial charge >= 0.3 is 0 Å². The third-order valence-corrected chi connectivity index (χ3v) is 5.77. The Morgan fingerprint density at radius 2 is 2.00 bits per heavy atom. The number of carbonyl (C=O) groups is 2. The molecule has 1 fully saturated rings. The molecule has 0 aromatic heterocycles. The zero-order chi connectivity index (χ0) is 22.3. The maximum absolute atomic E-state index is 12.1. The molecule has 0 spiro atoms. The molecule has 30 heavy (non-hydrogen) atoms. The highest BCUT2D eigenvalue weighted by molar-refractivity contribution is 6.00. The minimum Gasteiger partial charge on any atom is -0.493 e. The third kappa shape index (κ3) is 6.08. The van der Waals surface area contributed by atoms with Crippen LogP contribution in [0.1, 0.15) is 50.9 Å². The van der Waals surface area contributed by atoms with Crippen molar-refractivity contribution in [2.24, 2.45) is 16.6 Å². The van der Waals surface area contributed by atoms with Gasteiger partial charge in [-0.05, 0) is 57.7 Å². The molecule has 2 amide bonds. The Morgan fingerprint density at radius 1 is 1.33 bits per heavy atom. The number of amides is 2. The summed E-state index contributed by atoms with van der Waals surface area (Å²) < 4.78 is 5.97. The first-order valence-electron chi connectivity index (χ1n) is 10.4. The number of likely N-dealkylation sites (tertiary alicyclic amines) is 1. The smallest absolute Gasteiger partial charge is 0.250 e. The van der Waals surface area contributed by atoms with E-state index in [0.717, 1.165) is 37.3 Å². The van der Waals surface area contributed by atoms with Crippen molar-refractivity contribution in [3.63, 3.8) is 0 Å². The normalized spacial score (nSPS) is 16.6. The van der Waals surface area contributed by atoms with Crippen molar-refractivity contribution in [1.82, 2.24) is 4.90 Å². The first-order valence-corrected chi connectivity index (χ1v) is 10.4. The number of anilines is 1. The van der Waals surface area contributed by atoms with Crippen LogP contribution in [0.5, 0.6) is 5.75 Å². The van der Waals surface area contributed by atoms with Gasteiger partial charge in [-0.15, -0.1) is 0 Å². The van der Waals surface area contributed by atoms with Crippen LogP contribution in [0.4, 0.5) is 5.69 Å². The molecule has 0 aliphatic carbocycles. The fourth-order valence-corrected chi connectivity index (χ4v) is 3.53. The van der Waals surface area contributed by atoms with Crippen LogP contribution >= 0.6 is 0 Å². The number of carbonyl (C=O) groups excluding carboxylic acids is 2. The highest BCUT2D eigenvalue weighted by atomic mass is 16.5. The van der Waals surface area contributed by atoms with Crippen LogP contribution in [0, 0.1) is 5.92 Å². The largest absolute Gasteiger partial charge is 0.493 e. The van der Waals surface area contributed by atoms with Crippen LogP contribution in [0.2, 0.25) is 0 Å². The highest BCUT2D eigenvalue weighted by Gasteiger charge is 2.22. The van der Waals surface area contributed by atoms with E-state index < -0.39 is 5.91 Å². The Bertz CT molecular complexity index is 811. The van der Waals surface area contributed by atoms with Gasteiger partial charge in [0.15, 0.2) is 0 Å². The van der Waals surface area contributed by atoms with E-state index >= 15 is 0 Å². The van der Waals surface area contributed by atoms with E-state index in [-0.39, 0.29) is 11.9 Å². The second-order valence-electron chi connectivity index (χ2n) is 7.84. The van der Waals surface area contributed by atoms with Gasteiger partial charge in [0.2, 0.25) is 5.91 Å². The minimum atomic E-state index is -0.493. The highest BCUT2D eigenvalue weighted by Crippen LogP contribution is 2.27. The number of nitrogens with two attached hydrogens (primary N) is 1. The zero-order valence-corrected chi connectivity index (χ0v) is 18.7. The average molecular weight is 415 g/mol. The van der Waals surface area contributed by atoms with Crippen LogP contribution < -0.4 is 15.4 Å². The molecule has 1 heterocycles. The molecule has 1 atom stereocenters. The predicted octanol–water partition coefficient (Wildman–Crippen LogP) is 3.24. The SMILES string of the molecule is C/C=C\N=C(/C)C(C)N(C)c1ccc(OCC2CCN(C(C)=O)CC2)cc1C(N)=O. The van der Waals surface area contributed by atoms with Crippen molar-refractivity contribution >= 4 is 23.2 Å². The number of primary amides is 1. The van der Waals surface area contributed by atoms with Gasteiger partial charge in [-0.1, -0.05) is 6.08 Å². The summed E-state index contributed by atoms with van der Waals surface area (Å²) in [6, 6.07) is 5.45. The molecular weight excluding hydrogens is 380 g/mol. The molecule has 1 aromatic carbocycles. The summed E-state index contributed by atoms with van der Waals surface area (Å²) in [5, 5.41) is 0. The molecule has 1 aliphatic heterocycles. The average Bonchev–Trinajstić information content (AvgIpc) is 2.74. The van der Waals surface area contributed by atoms with Gasteiger partial charge in [0.25, 0.3) is 5.91 Å². The number of aliphatic imine (C=N–C) groups is 1. The van der Waals surface area contributed by atoms with Crippen molar-refractivity contribution in [1.29, 1.82) is 0 Å². The number of allylic oxidation sites excluding steroid dienone is 1.